The fourth-order valence-electron chi connectivity index (χ4n) is 2.56. The number of nitro benzene ring substituents is 1. The summed E-state index contributed by atoms with van der Waals surface area (Å²) in [7, 11) is 0. The quantitative estimate of drug-likeness (QED) is 0.382. The van der Waals surface area contributed by atoms with E-state index in [1.165, 1.54) is 42.5 Å². The molecule has 0 saturated carbocycles. The number of amides is 1. The largest absolute Gasteiger partial charge is 0.444 e. The first-order valence-electron chi connectivity index (χ1n) is 8.51. The number of esters is 1. The number of nitrogens with one attached hydrogen (secondary N) is 1. The van der Waals surface area contributed by atoms with Gasteiger partial charge in [-0.05, 0) is 30.3 Å². The summed E-state index contributed by atoms with van der Waals surface area (Å²) in [5.41, 5.74) is 0.399. The molecule has 7 nitrogen and oxygen atoms in total. The predicted molar refractivity (Wildman–Crippen MR) is 103 cm³/mol. The third kappa shape index (κ3) is 5.01. The molecule has 0 saturated heterocycles. The Labute approximate surface area is 164 Å². The standard InChI is InChI=1S/C21H15FN2O5/c22-16-9-11-17(12-10-16)23-20(25)19(14-5-2-1-3-6-14)29-21(26)15-7-4-8-18(13-15)24(27)28/h1-13,19H,(H,23,25)/t19-/m1/s1. The van der Waals surface area contributed by atoms with Gasteiger partial charge in [0.25, 0.3) is 11.6 Å². The number of hydrogen-bond acceptors (Lipinski definition) is 5. The fraction of sp³-hybridized carbons (Fsp3) is 0.0476. The minimum absolute atomic E-state index is 0.0605. The van der Waals surface area contributed by atoms with Crippen molar-refractivity contribution in [1.29, 1.82) is 0 Å². The van der Waals surface area contributed by atoms with Crippen LogP contribution in [0.3, 0.4) is 0 Å². The van der Waals surface area contributed by atoms with Crippen molar-refractivity contribution >= 4 is 23.3 Å². The number of rotatable bonds is 6. The lowest BCUT2D eigenvalue weighted by molar-refractivity contribution is -0.384. The lowest BCUT2D eigenvalue weighted by atomic mass is 10.1. The molecule has 0 aromatic heterocycles. The highest BCUT2D eigenvalue weighted by atomic mass is 19.1. The van der Waals surface area contributed by atoms with E-state index in [2.05, 4.69) is 5.32 Å². The average Bonchev–Trinajstić information content (AvgIpc) is 2.74. The van der Waals surface area contributed by atoms with E-state index in [0.29, 0.717) is 11.3 Å². The predicted octanol–water partition coefficient (Wildman–Crippen LogP) is 4.27. The lowest BCUT2D eigenvalue weighted by Crippen LogP contribution is -2.26. The fourth-order valence-corrected chi connectivity index (χ4v) is 2.56. The van der Waals surface area contributed by atoms with Gasteiger partial charge in [0.1, 0.15) is 5.82 Å². The van der Waals surface area contributed by atoms with Gasteiger partial charge in [0, 0.05) is 23.4 Å². The van der Waals surface area contributed by atoms with Gasteiger partial charge in [0.05, 0.1) is 10.5 Å². The van der Waals surface area contributed by atoms with E-state index in [9.17, 15) is 24.1 Å². The summed E-state index contributed by atoms with van der Waals surface area (Å²) in [6.45, 7) is 0. The smallest absolute Gasteiger partial charge is 0.339 e. The molecule has 1 N–H and O–H groups in total. The first-order valence-corrected chi connectivity index (χ1v) is 8.51. The normalized spacial score (nSPS) is 11.3. The molecule has 0 radical (unpaired) electrons. The molecule has 0 fully saturated rings. The molecule has 3 aromatic rings. The second-order valence-corrected chi connectivity index (χ2v) is 6.00. The first-order chi connectivity index (χ1) is 13.9. The molecule has 3 aromatic carbocycles. The molecule has 8 heteroatoms. The molecule has 1 atom stereocenters. The Bertz CT molecular complexity index is 1040. The molecular weight excluding hydrogens is 379 g/mol. The minimum atomic E-state index is -1.31. The van der Waals surface area contributed by atoms with Crippen molar-refractivity contribution in [1.82, 2.24) is 0 Å². The number of anilines is 1. The van der Waals surface area contributed by atoms with Crippen molar-refractivity contribution in [3.8, 4) is 0 Å². The number of hydrogen-bond donors (Lipinski definition) is 1. The molecular formula is C21H15FN2O5. The zero-order chi connectivity index (χ0) is 20.8. The molecule has 3 rings (SSSR count). The van der Waals surface area contributed by atoms with Gasteiger partial charge in [0.15, 0.2) is 0 Å². The van der Waals surface area contributed by atoms with Crippen molar-refractivity contribution < 1.29 is 23.6 Å². The van der Waals surface area contributed by atoms with Crippen LogP contribution in [0.1, 0.15) is 22.0 Å². The molecule has 0 heterocycles. The van der Waals surface area contributed by atoms with Gasteiger partial charge in [0.2, 0.25) is 6.10 Å². The molecule has 0 aliphatic rings. The van der Waals surface area contributed by atoms with Gasteiger partial charge < -0.3 is 10.1 Å². The first kappa shape index (κ1) is 19.7. The highest BCUT2D eigenvalue weighted by molar-refractivity contribution is 5.98. The van der Waals surface area contributed by atoms with Crippen molar-refractivity contribution in [3.05, 3.63) is 106 Å². The SMILES string of the molecule is O=C(O[C@@H](C(=O)Nc1ccc(F)cc1)c1ccccc1)c1cccc([N+](=O)[O-])c1. The summed E-state index contributed by atoms with van der Waals surface area (Å²) in [5.74, 6) is -2.00. The zero-order valence-electron chi connectivity index (χ0n) is 14.9. The van der Waals surface area contributed by atoms with Crippen molar-refractivity contribution in [2.45, 2.75) is 6.10 Å². The van der Waals surface area contributed by atoms with Crippen LogP contribution < -0.4 is 5.32 Å². The van der Waals surface area contributed by atoms with E-state index in [-0.39, 0.29) is 11.3 Å². The van der Waals surface area contributed by atoms with Gasteiger partial charge >= 0.3 is 5.97 Å². The topological polar surface area (TPSA) is 98.5 Å². The van der Waals surface area contributed by atoms with Crippen LogP contribution in [0.15, 0.2) is 78.9 Å². The highest BCUT2D eigenvalue weighted by Crippen LogP contribution is 2.23. The summed E-state index contributed by atoms with van der Waals surface area (Å²) in [6.07, 6.45) is -1.31. The lowest BCUT2D eigenvalue weighted by Gasteiger charge is -2.18. The van der Waals surface area contributed by atoms with Crippen molar-refractivity contribution in [2.75, 3.05) is 5.32 Å². The molecule has 0 aliphatic heterocycles. The Morgan fingerprint density at radius 1 is 0.966 bits per heavy atom. The maximum atomic E-state index is 13.1. The van der Waals surface area contributed by atoms with Crippen molar-refractivity contribution in [2.24, 2.45) is 0 Å². The van der Waals surface area contributed by atoms with Crippen LogP contribution in [0, 0.1) is 15.9 Å². The summed E-state index contributed by atoms with van der Waals surface area (Å²) in [4.78, 5) is 35.6. The third-order valence-electron chi connectivity index (χ3n) is 3.97. The highest BCUT2D eigenvalue weighted by Gasteiger charge is 2.26. The zero-order valence-corrected chi connectivity index (χ0v) is 14.9. The second kappa shape index (κ2) is 8.75. The number of ether oxygens (including phenoxy) is 1. The van der Waals surface area contributed by atoms with Gasteiger partial charge in [-0.25, -0.2) is 9.18 Å². The summed E-state index contributed by atoms with van der Waals surface area (Å²) in [6, 6.07) is 18.4. The summed E-state index contributed by atoms with van der Waals surface area (Å²) >= 11 is 0. The molecule has 1 amide bonds. The number of carbonyl (C=O) groups is 2. The molecule has 0 aliphatic carbocycles. The van der Waals surface area contributed by atoms with E-state index < -0.39 is 28.7 Å². The number of carbonyl (C=O) groups excluding carboxylic acids is 2. The summed E-state index contributed by atoms with van der Waals surface area (Å²) < 4.78 is 18.4. The van der Waals surface area contributed by atoms with Crippen LogP contribution in [0.25, 0.3) is 0 Å². The van der Waals surface area contributed by atoms with Crippen LogP contribution in [0.5, 0.6) is 0 Å². The number of nitro groups is 1. The van der Waals surface area contributed by atoms with Crippen LogP contribution >= 0.6 is 0 Å². The van der Waals surface area contributed by atoms with Gasteiger partial charge in [-0.3, -0.25) is 14.9 Å². The molecule has 0 spiro atoms. The Hall–Kier alpha value is -4.07. The summed E-state index contributed by atoms with van der Waals surface area (Å²) in [5, 5.41) is 13.5. The molecule has 146 valence electrons. The molecule has 29 heavy (non-hydrogen) atoms. The average molecular weight is 394 g/mol. The monoisotopic (exact) mass is 394 g/mol. The number of halogens is 1. The Balaban J connectivity index is 1.85. The Morgan fingerprint density at radius 2 is 1.66 bits per heavy atom. The second-order valence-electron chi connectivity index (χ2n) is 6.00. The van der Waals surface area contributed by atoms with Gasteiger partial charge in [-0.1, -0.05) is 36.4 Å². The maximum absolute atomic E-state index is 13.1. The van der Waals surface area contributed by atoms with Crippen LogP contribution in [-0.2, 0) is 9.53 Å². The van der Waals surface area contributed by atoms with E-state index in [1.807, 2.05) is 0 Å². The van der Waals surface area contributed by atoms with Gasteiger partial charge in [-0.15, -0.1) is 0 Å². The number of benzene rings is 3. The third-order valence-corrected chi connectivity index (χ3v) is 3.97. The Morgan fingerprint density at radius 3 is 2.31 bits per heavy atom. The van der Waals surface area contributed by atoms with E-state index in [1.54, 1.807) is 30.3 Å². The van der Waals surface area contributed by atoms with Crippen LogP contribution in [-0.4, -0.2) is 16.8 Å². The number of nitrogens with zero attached hydrogens (tertiary/aromatic N) is 1. The van der Waals surface area contributed by atoms with Crippen molar-refractivity contribution in [3.63, 3.8) is 0 Å². The number of non-ortho nitro benzene ring substituents is 1. The van der Waals surface area contributed by atoms with E-state index >= 15 is 0 Å². The van der Waals surface area contributed by atoms with E-state index in [0.717, 1.165) is 6.07 Å². The van der Waals surface area contributed by atoms with E-state index in [4.69, 9.17) is 4.74 Å². The van der Waals surface area contributed by atoms with Crippen LogP contribution in [0.4, 0.5) is 15.8 Å². The van der Waals surface area contributed by atoms with Crippen LogP contribution in [0.2, 0.25) is 0 Å². The minimum Gasteiger partial charge on any atom is -0.444 e. The molecule has 0 unspecified atom stereocenters. The van der Waals surface area contributed by atoms with Gasteiger partial charge in [-0.2, -0.15) is 0 Å². The molecule has 0 bridgehead atoms. The maximum Gasteiger partial charge on any atom is 0.339 e. The Kier molecular flexibility index (Phi) is 5.94.